The van der Waals surface area contributed by atoms with Crippen LogP contribution in [0.3, 0.4) is 0 Å². The summed E-state index contributed by atoms with van der Waals surface area (Å²) in [7, 11) is -7.53. The summed E-state index contributed by atoms with van der Waals surface area (Å²) in [4.78, 5) is 54.8. The van der Waals surface area contributed by atoms with Gasteiger partial charge in [0.1, 0.15) is 13.2 Å². The molecule has 0 atom stereocenters. The van der Waals surface area contributed by atoms with Crippen LogP contribution in [0.5, 0.6) is 0 Å². The number of hydrogen-bond acceptors (Lipinski definition) is 8. The molecular weight excluding hydrogens is 815 g/mol. The maximum absolute atomic E-state index is 14.9. The van der Waals surface area contributed by atoms with Crippen molar-refractivity contribution in [2.45, 2.75) is 80.4 Å². The third kappa shape index (κ3) is 9.43. The standard InChI is InChI=1S/C52H52O8P2/c1-35-31-37(3)49(51(55)61(57,41-21-11-7-12-22-41)42-23-13-8-14-24-42)39(5)45(35)33-59-47(53)29-19-20-30-48(54)60-34-46-36(2)32-38(4)50(40(46)6)52(56)62(58,43-25-15-9-16-26-43)44-27-17-10-18-28-44/h7-18,21-28,31-32H,19-20,29-30,33-34H2,1-6H3. The predicted octanol–water partition coefficient (Wildman–Crippen LogP) is 10.2. The molecule has 0 unspecified atom stereocenters. The van der Waals surface area contributed by atoms with Crippen molar-refractivity contribution in [2.24, 2.45) is 0 Å². The lowest BCUT2D eigenvalue weighted by Crippen LogP contribution is -2.24. The van der Waals surface area contributed by atoms with Gasteiger partial charge in [0, 0.05) is 45.2 Å². The van der Waals surface area contributed by atoms with Crippen LogP contribution in [0.4, 0.5) is 0 Å². The van der Waals surface area contributed by atoms with Gasteiger partial charge in [-0.05, 0) is 98.9 Å². The molecule has 318 valence electrons. The fourth-order valence-corrected chi connectivity index (χ4v) is 13.4. The maximum Gasteiger partial charge on any atom is 0.306 e. The Hall–Kier alpha value is -5.94. The van der Waals surface area contributed by atoms with Crippen molar-refractivity contribution >= 4 is 58.5 Å². The Balaban J connectivity index is 1.07. The first-order valence-corrected chi connectivity index (χ1v) is 24.1. The lowest BCUT2D eigenvalue weighted by Gasteiger charge is -2.22. The van der Waals surface area contributed by atoms with E-state index in [-0.39, 0.29) is 26.1 Å². The van der Waals surface area contributed by atoms with Gasteiger partial charge in [0.05, 0.1) is 0 Å². The number of carbonyl (C=O) groups is 4. The summed E-state index contributed by atoms with van der Waals surface area (Å²) in [5.41, 5.74) is 5.44. The van der Waals surface area contributed by atoms with Crippen molar-refractivity contribution < 1.29 is 37.8 Å². The summed E-state index contributed by atoms with van der Waals surface area (Å²) in [6.07, 6.45) is 0.919. The Labute approximate surface area is 364 Å². The van der Waals surface area contributed by atoms with Gasteiger partial charge in [0.15, 0.2) is 0 Å². The number of ether oxygens (including phenoxy) is 2. The van der Waals surface area contributed by atoms with E-state index in [2.05, 4.69) is 0 Å². The van der Waals surface area contributed by atoms with Gasteiger partial charge < -0.3 is 18.6 Å². The van der Waals surface area contributed by atoms with Crippen LogP contribution in [-0.2, 0) is 41.4 Å². The number of aryl methyl sites for hydroxylation is 4. The predicted molar refractivity (Wildman–Crippen MR) is 248 cm³/mol. The van der Waals surface area contributed by atoms with Gasteiger partial charge in [-0.15, -0.1) is 0 Å². The van der Waals surface area contributed by atoms with E-state index in [1.165, 1.54) is 0 Å². The summed E-state index contributed by atoms with van der Waals surface area (Å²) in [6.45, 7) is 10.9. The summed E-state index contributed by atoms with van der Waals surface area (Å²) in [6, 6.07) is 38.9. The van der Waals surface area contributed by atoms with Crippen molar-refractivity contribution in [3.63, 3.8) is 0 Å². The lowest BCUT2D eigenvalue weighted by atomic mass is 9.94. The third-order valence-corrected chi connectivity index (χ3v) is 17.2. The molecule has 6 aromatic carbocycles. The third-order valence-electron chi connectivity index (χ3n) is 11.5. The van der Waals surface area contributed by atoms with Crippen molar-refractivity contribution in [1.29, 1.82) is 0 Å². The molecule has 8 nitrogen and oxygen atoms in total. The largest absolute Gasteiger partial charge is 0.461 e. The highest BCUT2D eigenvalue weighted by Crippen LogP contribution is 2.49. The highest BCUT2D eigenvalue weighted by Gasteiger charge is 2.40. The molecule has 0 amide bonds. The van der Waals surface area contributed by atoms with E-state index in [0.717, 1.165) is 11.1 Å². The van der Waals surface area contributed by atoms with Crippen LogP contribution in [0.1, 0.15) is 90.9 Å². The van der Waals surface area contributed by atoms with E-state index in [9.17, 15) is 28.3 Å². The van der Waals surface area contributed by atoms with Crippen LogP contribution in [0.2, 0.25) is 0 Å². The maximum atomic E-state index is 14.9. The highest BCUT2D eigenvalue weighted by atomic mass is 31.2. The molecule has 0 bridgehead atoms. The van der Waals surface area contributed by atoms with Gasteiger partial charge >= 0.3 is 11.9 Å². The number of rotatable bonds is 17. The molecule has 0 heterocycles. The number of benzene rings is 6. The van der Waals surface area contributed by atoms with E-state index in [0.29, 0.717) is 78.6 Å². The molecule has 0 N–H and O–H groups in total. The van der Waals surface area contributed by atoms with Gasteiger partial charge in [0.25, 0.3) is 0 Å². The minimum absolute atomic E-state index is 0.0635. The molecule has 6 aromatic rings. The van der Waals surface area contributed by atoms with Crippen molar-refractivity contribution in [3.8, 4) is 0 Å². The molecule has 0 aliphatic heterocycles. The molecule has 0 saturated heterocycles. The van der Waals surface area contributed by atoms with Gasteiger partial charge in [0.2, 0.25) is 25.3 Å². The van der Waals surface area contributed by atoms with Crippen LogP contribution in [0, 0.1) is 41.5 Å². The average Bonchev–Trinajstić information content (AvgIpc) is 3.27. The fourth-order valence-electron chi connectivity index (χ4n) is 8.18. The Kier molecular flexibility index (Phi) is 14.6. The van der Waals surface area contributed by atoms with Crippen LogP contribution in [0.15, 0.2) is 133 Å². The van der Waals surface area contributed by atoms with Gasteiger partial charge in [-0.2, -0.15) is 0 Å². The first kappa shape index (κ1) is 45.6. The monoisotopic (exact) mass is 866 g/mol. The zero-order chi connectivity index (χ0) is 44.6. The Bertz CT molecular complexity index is 2440. The Morgan fingerprint density at radius 1 is 0.419 bits per heavy atom. The second-order valence-electron chi connectivity index (χ2n) is 15.7. The van der Waals surface area contributed by atoms with Crippen molar-refractivity contribution in [1.82, 2.24) is 0 Å². The summed E-state index contributed by atoms with van der Waals surface area (Å²) in [5, 5.41) is 1.79. The molecule has 0 fully saturated rings. The number of esters is 2. The minimum Gasteiger partial charge on any atom is -0.461 e. The Morgan fingerprint density at radius 3 is 0.968 bits per heavy atom. The smallest absolute Gasteiger partial charge is 0.306 e. The molecule has 6 rings (SSSR count). The molecule has 10 heteroatoms. The number of unbranched alkanes of at least 4 members (excludes halogenated alkanes) is 1. The summed E-state index contributed by atoms with van der Waals surface area (Å²) >= 11 is 0. The zero-order valence-corrected chi connectivity index (χ0v) is 37.9. The first-order chi connectivity index (χ1) is 29.7. The summed E-state index contributed by atoms with van der Waals surface area (Å²) < 4.78 is 41.2. The number of carbonyl (C=O) groups excluding carboxylic acids is 4. The average molecular weight is 867 g/mol. The summed E-state index contributed by atoms with van der Waals surface area (Å²) in [5.74, 6) is -0.896. The van der Waals surface area contributed by atoms with Gasteiger partial charge in [-0.3, -0.25) is 19.2 Å². The number of hydrogen-bond donors (Lipinski definition) is 0. The molecule has 0 aromatic heterocycles. The second kappa shape index (κ2) is 19.8. The van der Waals surface area contributed by atoms with Crippen LogP contribution < -0.4 is 21.2 Å². The second-order valence-corrected chi connectivity index (χ2v) is 21.0. The lowest BCUT2D eigenvalue weighted by molar-refractivity contribution is -0.147. The molecule has 0 aliphatic carbocycles. The normalized spacial score (nSPS) is 11.5. The van der Waals surface area contributed by atoms with Crippen LogP contribution in [0.25, 0.3) is 0 Å². The molecule has 0 spiro atoms. The van der Waals surface area contributed by atoms with E-state index in [1.807, 2.05) is 64.1 Å². The molecule has 0 radical (unpaired) electrons. The van der Waals surface area contributed by atoms with Crippen molar-refractivity contribution in [2.75, 3.05) is 0 Å². The zero-order valence-electron chi connectivity index (χ0n) is 36.1. The molecule has 0 saturated carbocycles. The van der Waals surface area contributed by atoms with E-state index in [4.69, 9.17) is 9.47 Å². The van der Waals surface area contributed by atoms with Crippen LogP contribution >= 0.6 is 14.3 Å². The van der Waals surface area contributed by atoms with Gasteiger partial charge in [-0.25, -0.2) is 0 Å². The highest BCUT2D eigenvalue weighted by molar-refractivity contribution is 7.94. The topological polar surface area (TPSA) is 121 Å². The van der Waals surface area contributed by atoms with E-state index in [1.54, 1.807) is 111 Å². The Morgan fingerprint density at radius 2 is 0.694 bits per heavy atom. The van der Waals surface area contributed by atoms with Crippen LogP contribution in [-0.4, -0.2) is 23.0 Å². The van der Waals surface area contributed by atoms with E-state index < -0.39 is 37.3 Å². The van der Waals surface area contributed by atoms with Gasteiger partial charge in [-0.1, -0.05) is 133 Å². The first-order valence-electron chi connectivity index (χ1n) is 20.7. The van der Waals surface area contributed by atoms with Crippen molar-refractivity contribution in [3.05, 3.63) is 189 Å². The molecular formula is C52H52O8P2. The molecule has 0 aliphatic rings. The SMILES string of the molecule is Cc1cc(C)c(C(=O)P(=O)(c2ccccc2)c2ccccc2)c(C)c1COC(=O)CCCCC(=O)OCc1c(C)cc(C)c(C(=O)P(=O)(c2ccccc2)c2ccccc2)c1C. The fraction of sp³-hybridized carbons (Fsp3) is 0.231. The quantitative estimate of drug-likeness (QED) is 0.0505. The minimum atomic E-state index is -3.76. The van der Waals surface area contributed by atoms with E-state index >= 15 is 0 Å². The molecule has 62 heavy (non-hydrogen) atoms.